The molecule has 0 aromatic carbocycles. The van der Waals surface area contributed by atoms with Gasteiger partial charge in [0.15, 0.2) is 0 Å². The van der Waals surface area contributed by atoms with Crippen molar-refractivity contribution in [3.63, 3.8) is 0 Å². The number of nitrogens with one attached hydrogen (secondary N) is 1. The van der Waals surface area contributed by atoms with Crippen LogP contribution in [0.25, 0.3) is 0 Å². The number of amides is 1. The van der Waals surface area contributed by atoms with Gasteiger partial charge in [-0.2, -0.15) is 0 Å². The lowest BCUT2D eigenvalue weighted by molar-refractivity contribution is -0.123. The highest BCUT2D eigenvalue weighted by molar-refractivity contribution is 5.81. The van der Waals surface area contributed by atoms with E-state index in [1.807, 2.05) is 0 Å². The average molecular weight is 202 g/mol. The summed E-state index contributed by atoms with van der Waals surface area (Å²) >= 11 is 0. The lowest BCUT2D eigenvalue weighted by Gasteiger charge is -2.25. The maximum atomic E-state index is 11.3. The van der Waals surface area contributed by atoms with Gasteiger partial charge in [-0.1, -0.05) is 20.8 Å². The van der Waals surface area contributed by atoms with Crippen LogP contribution in [0.3, 0.4) is 0 Å². The summed E-state index contributed by atoms with van der Waals surface area (Å²) < 4.78 is 0. The van der Waals surface area contributed by atoms with Crippen LogP contribution in [0.4, 0.5) is 0 Å². The second-order valence-electron chi connectivity index (χ2n) is 4.94. The monoisotopic (exact) mass is 202 g/mol. The fourth-order valence-electron chi connectivity index (χ4n) is 1.23. The standard InChI is InChI=1S/C10H22N2O2/c1-7(11)9(14)12-8(6-13)5-10(2,3)4/h7-8,13H,5-6,11H2,1-4H3,(H,12,14). The maximum Gasteiger partial charge on any atom is 0.236 e. The first-order chi connectivity index (χ1) is 6.26. The van der Waals surface area contributed by atoms with Gasteiger partial charge in [0.1, 0.15) is 0 Å². The molecule has 14 heavy (non-hydrogen) atoms. The molecule has 2 atom stereocenters. The van der Waals surface area contributed by atoms with Crippen molar-refractivity contribution in [2.75, 3.05) is 6.61 Å². The van der Waals surface area contributed by atoms with Crippen LogP contribution in [0.1, 0.15) is 34.1 Å². The molecule has 0 heterocycles. The van der Waals surface area contributed by atoms with Gasteiger partial charge in [-0.05, 0) is 18.8 Å². The van der Waals surface area contributed by atoms with Gasteiger partial charge >= 0.3 is 0 Å². The molecule has 0 spiro atoms. The van der Waals surface area contributed by atoms with Crippen LogP contribution in [0.2, 0.25) is 0 Å². The highest BCUT2D eigenvalue weighted by Crippen LogP contribution is 2.20. The Labute approximate surface area is 85.9 Å². The molecule has 0 aliphatic rings. The van der Waals surface area contributed by atoms with Crippen molar-refractivity contribution >= 4 is 5.91 Å². The first kappa shape index (κ1) is 13.4. The summed E-state index contributed by atoms with van der Waals surface area (Å²) in [6, 6.07) is -0.725. The SMILES string of the molecule is CC(N)C(=O)NC(CO)CC(C)(C)C. The summed E-state index contributed by atoms with van der Waals surface area (Å²) in [4.78, 5) is 11.3. The van der Waals surface area contributed by atoms with Crippen molar-refractivity contribution in [2.45, 2.75) is 46.2 Å². The zero-order valence-corrected chi connectivity index (χ0v) is 9.50. The Morgan fingerprint density at radius 2 is 2.00 bits per heavy atom. The minimum absolute atomic E-state index is 0.0459. The molecule has 0 aliphatic carbocycles. The molecule has 0 rings (SSSR count). The van der Waals surface area contributed by atoms with Crippen LogP contribution in [0.5, 0.6) is 0 Å². The van der Waals surface area contributed by atoms with Gasteiger partial charge in [0.05, 0.1) is 18.7 Å². The molecule has 4 N–H and O–H groups in total. The Morgan fingerprint density at radius 3 is 2.29 bits per heavy atom. The molecule has 0 saturated carbocycles. The lowest BCUT2D eigenvalue weighted by Crippen LogP contribution is -2.46. The van der Waals surface area contributed by atoms with E-state index in [0.29, 0.717) is 0 Å². The minimum atomic E-state index is -0.524. The first-order valence-electron chi connectivity index (χ1n) is 4.93. The molecule has 84 valence electrons. The molecule has 0 saturated heterocycles. The second-order valence-corrected chi connectivity index (χ2v) is 4.94. The average Bonchev–Trinajstić information content (AvgIpc) is 2.00. The molecule has 2 unspecified atom stereocenters. The summed E-state index contributed by atoms with van der Waals surface area (Å²) in [5.74, 6) is -0.215. The molecule has 0 radical (unpaired) electrons. The second kappa shape index (κ2) is 5.32. The lowest BCUT2D eigenvalue weighted by atomic mass is 9.88. The molecule has 1 amide bonds. The van der Waals surface area contributed by atoms with E-state index in [4.69, 9.17) is 10.8 Å². The molecule has 0 aromatic heterocycles. The van der Waals surface area contributed by atoms with Gasteiger partial charge in [0.25, 0.3) is 0 Å². The number of nitrogens with two attached hydrogens (primary N) is 1. The van der Waals surface area contributed by atoms with E-state index in [1.165, 1.54) is 0 Å². The number of carbonyl (C=O) groups is 1. The summed E-state index contributed by atoms with van der Waals surface area (Å²) in [6.45, 7) is 7.77. The van der Waals surface area contributed by atoms with Crippen LogP contribution in [-0.4, -0.2) is 29.7 Å². The van der Waals surface area contributed by atoms with Gasteiger partial charge in [-0.3, -0.25) is 4.79 Å². The quantitative estimate of drug-likeness (QED) is 0.611. The Bertz CT molecular complexity index is 185. The Morgan fingerprint density at radius 1 is 1.50 bits per heavy atom. The zero-order valence-electron chi connectivity index (χ0n) is 9.50. The van der Waals surface area contributed by atoms with Crippen LogP contribution >= 0.6 is 0 Å². The van der Waals surface area contributed by atoms with E-state index in [2.05, 4.69) is 26.1 Å². The van der Waals surface area contributed by atoms with Crippen LogP contribution < -0.4 is 11.1 Å². The van der Waals surface area contributed by atoms with E-state index >= 15 is 0 Å². The van der Waals surface area contributed by atoms with Gasteiger partial charge < -0.3 is 16.2 Å². The van der Waals surface area contributed by atoms with Crippen LogP contribution in [-0.2, 0) is 4.79 Å². The highest BCUT2D eigenvalue weighted by Gasteiger charge is 2.20. The predicted molar refractivity (Wildman–Crippen MR) is 56.7 cm³/mol. The van der Waals surface area contributed by atoms with Crippen molar-refractivity contribution in [3.8, 4) is 0 Å². The van der Waals surface area contributed by atoms with Gasteiger partial charge in [0, 0.05) is 0 Å². The minimum Gasteiger partial charge on any atom is -0.394 e. The van der Waals surface area contributed by atoms with Crippen molar-refractivity contribution in [2.24, 2.45) is 11.1 Å². The topological polar surface area (TPSA) is 75.4 Å². The number of carbonyl (C=O) groups excluding carboxylic acids is 1. The van der Waals surface area contributed by atoms with E-state index in [9.17, 15) is 4.79 Å². The Hall–Kier alpha value is -0.610. The Balaban J connectivity index is 4.10. The fraction of sp³-hybridized carbons (Fsp3) is 0.900. The highest BCUT2D eigenvalue weighted by atomic mass is 16.3. The Kier molecular flexibility index (Phi) is 5.08. The van der Waals surface area contributed by atoms with Crippen molar-refractivity contribution in [1.82, 2.24) is 5.32 Å². The van der Waals surface area contributed by atoms with E-state index in [-0.39, 0.29) is 24.0 Å². The summed E-state index contributed by atoms with van der Waals surface area (Å²) in [7, 11) is 0. The number of aliphatic hydroxyl groups excluding tert-OH is 1. The molecule has 0 fully saturated rings. The number of hydrogen-bond donors (Lipinski definition) is 3. The largest absolute Gasteiger partial charge is 0.394 e. The maximum absolute atomic E-state index is 11.3. The summed E-state index contributed by atoms with van der Waals surface area (Å²) in [5.41, 5.74) is 5.49. The molecule has 0 aliphatic heterocycles. The molecular formula is C10H22N2O2. The molecule has 4 nitrogen and oxygen atoms in total. The molecule has 4 heteroatoms. The molecule has 0 aromatic rings. The summed E-state index contributed by atoms with van der Waals surface area (Å²) in [6.07, 6.45) is 0.738. The zero-order chi connectivity index (χ0) is 11.4. The van der Waals surface area contributed by atoms with Crippen LogP contribution in [0, 0.1) is 5.41 Å². The summed E-state index contributed by atoms with van der Waals surface area (Å²) in [5, 5.41) is 11.8. The van der Waals surface area contributed by atoms with Crippen LogP contribution in [0.15, 0.2) is 0 Å². The smallest absolute Gasteiger partial charge is 0.236 e. The third-order valence-electron chi connectivity index (χ3n) is 1.84. The van der Waals surface area contributed by atoms with Crippen molar-refractivity contribution in [3.05, 3.63) is 0 Å². The van der Waals surface area contributed by atoms with Crippen molar-refractivity contribution < 1.29 is 9.90 Å². The third-order valence-corrected chi connectivity index (χ3v) is 1.84. The molecule has 0 bridgehead atoms. The van der Waals surface area contributed by atoms with Gasteiger partial charge in [0.2, 0.25) is 5.91 Å². The normalized spacial score (nSPS) is 16.1. The third kappa shape index (κ3) is 5.94. The van der Waals surface area contributed by atoms with Crippen molar-refractivity contribution in [1.29, 1.82) is 0 Å². The van der Waals surface area contributed by atoms with E-state index in [0.717, 1.165) is 6.42 Å². The van der Waals surface area contributed by atoms with Gasteiger partial charge in [-0.15, -0.1) is 0 Å². The molecular weight excluding hydrogens is 180 g/mol. The van der Waals surface area contributed by atoms with E-state index in [1.54, 1.807) is 6.92 Å². The first-order valence-corrected chi connectivity index (χ1v) is 4.93. The predicted octanol–water partition coefficient (Wildman–Crippen LogP) is 0.247. The number of aliphatic hydroxyl groups is 1. The van der Waals surface area contributed by atoms with E-state index < -0.39 is 6.04 Å². The number of rotatable bonds is 4. The van der Waals surface area contributed by atoms with Gasteiger partial charge in [-0.25, -0.2) is 0 Å². The number of hydrogen-bond acceptors (Lipinski definition) is 3. The fourth-order valence-corrected chi connectivity index (χ4v) is 1.23.